The molecule has 0 fully saturated rings. The second-order valence-electron chi connectivity index (χ2n) is 8.53. The van der Waals surface area contributed by atoms with Crippen molar-refractivity contribution < 1.29 is 18.9 Å². The Morgan fingerprint density at radius 3 is 1.57 bits per heavy atom. The van der Waals surface area contributed by atoms with Gasteiger partial charge in [-0.2, -0.15) is 0 Å². The first-order valence-electron chi connectivity index (χ1n) is 12.0. The zero-order valence-corrected chi connectivity index (χ0v) is 22.2. The van der Waals surface area contributed by atoms with Crippen LogP contribution in [0.3, 0.4) is 0 Å². The Kier molecular flexibility index (Phi) is 7.24. The van der Waals surface area contributed by atoms with Crippen molar-refractivity contribution in [3.63, 3.8) is 0 Å². The largest absolute Gasteiger partial charge is 0.496 e. The number of methoxy groups -OCH3 is 4. The maximum Gasteiger partial charge on any atom is 0.238 e. The normalized spacial score (nSPS) is 14.2. The summed E-state index contributed by atoms with van der Waals surface area (Å²) in [6, 6.07) is 20.2. The highest BCUT2D eigenvalue weighted by Gasteiger charge is 2.26. The summed E-state index contributed by atoms with van der Waals surface area (Å²) in [5, 5.41) is 2.16. The summed E-state index contributed by atoms with van der Waals surface area (Å²) in [6.07, 6.45) is 13.1. The van der Waals surface area contributed by atoms with Gasteiger partial charge in [0.15, 0.2) is 0 Å². The predicted molar refractivity (Wildman–Crippen MR) is 153 cm³/mol. The summed E-state index contributed by atoms with van der Waals surface area (Å²) in [4.78, 5) is 2.58. The quantitative estimate of drug-likeness (QED) is 0.344. The van der Waals surface area contributed by atoms with Gasteiger partial charge in [0.1, 0.15) is 23.0 Å². The fraction of sp³-hybridized carbons (Fsp3) is 0.156. The third-order valence-corrected chi connectivity index (χ3v) is 7.75. The van der Waals surface area contributed by atoms with Crippen LogP contribution in [0.4, 0.5) is 0 Å². The van der Waals surface area contributed by atoms with Crippen molar-refractivity contribution in [2.75, 3.05) is 28.4 Å². The fourth-order valence-corrected chi connectivity index (χ4v) is 5.79. The molecule has 0 unspecified atom stereocenters. The topological polar surface area (TPSA) is 36.9 Å². The molecule has 0 amide bonds. The number of benzene rings is 3. The van der Waals surface area contributed by atoms with Crippen molar-refractivity contribution >= 4 is 26.7 Å². The summed E-state index contributed by atoms with van der Waals surface area (Å²) in [7, 11) is 6.67. The molecule has 0 spiro atoms. The van der Waals surface area contributed by atoms with E-state index in [1.165, 1.54) is 15.0 Å². The van der Waals surface area contributed by atoms with Gasteiger partial charge in [0.2, 0.25) is 21.1 Å². The Morgan fingerprint density at radius 1 is 0.622 bits per heavy atom. The van der Waals surface area contributed by atoms with Crippen LogP contribution in [0.2, 0.25) is 0 Å². The van der Waals surface area contributed by atoms with E-state index in [0.717, 1.165) is 21.9 Å². The summed E-state index contributed by atoms with van der Waals surface area (Å²) in [6.45, 7) is 0. The minimum Gasteiger partial charge on any atom is -0.496 e. The number of hydrogen-bond acceptors (Lipinski definition) is 4. The first-order chi connectivity index (χ1) is 18.2. The monoisotopic (exact) mass is 509 g/mol. The Morgan fingerprint density at radius 2 is 1.11 bits per heavy atom. The van der Waals surface area contributed by atoms with E-state index in [4.69, 9.17) is 18.9 Å². The van der Waals surface area contributed by atoms with E-state index < -0.39 is 0 Å². The Balaban J connectivity index is 1.78. The van der Waals surface area contributed by atoms with Gasteiger partial charge in [-0.3, -0.25) is 0 Å². The summed E-state index contributed by atoms with van der Waals surface area (Å²) >= 11 is 1.83. The molecule has 3 aromatic carbocycles. The summed E-state index contributed by atoms with van der Waals surface area (Å²) in [5.74, 6) is 3.17. The van der Waals surface area contributed by atoms with E-state index in [0.29, 0.717) is 28.9 Å². The van der Waals surface area contributed by atoms with Gasteiger partial charge in [-0.15, -0.1) is 0 Å². The van der Waals surface area contributed by atoms with Crippen molar-refractivity contribution in [2.24, 2.45) is 5.92 Å². The number of allylic oxidation sites excluding steroid dienone is 5. The van der Waals surface area contributed by atoms with Gasteiger partial charge in [0.25, 0.3) is 0 Å². The van der Waals surface area contributed by atoms with Crippen molar-refractivity contribution in [3.8, 4) is 23.0 Å². The molecular weight excluding hydrogens is 480 g/mol. The number of ether oxygens (including phenoxy) is 4. The van der Waals surface area contributed by atoms with Gasteiger partial charge in [-0.1, -0.05) is 48.6 Å². The van der Waals surface area contributed by atoms with Crippen molar-refractivity contribution in [1.29, 1.82) is 0 Å². The molecule has 4 nitrogen and oxygen atoms in total. The third-order valence-electron chi connectivity index (χ3n) is 6.52. The van der Waals surface area contributed by atoms with Crippen molar-refractivity contribution in [2.45, 2.75) is 0 Å². The van der Waals surface area contributed by atoms with E-state index in [1.54, 1.807) is 28.4 Å². The van der Waals surface area contributed by atoms with E-state index in [2.05, 4.69) is 60.7 Å². The van der Waals surface area contributed by atoms with Crippen LogP contribution in [0.1, 0.15) is 11.1 Å². The molecule has 3 aromatic rings. The van der Waals surface area contributed by atoms with E-state index >= 15 is 0 Å². The molecule has 0 aromatic heterocycles. The van der Waals surface area contributed by atoms with Crippen LogP contribution in [0.5, 0.6) is 23.0 Å². The molecule has 0 saturated heterocycles. The van der Waals surface area contributed by atoms with Crippen LogP contribution >= 0.6 is 0 Å². The van der Waals surface area contributed by atoms with E-state index in [-0.39, 0.29) is 0 Å². The molecule has 0 bridgehead atoms. The van der Waals surface area contributed by atoms with Gasteiger partial charge < -0.3 is 18.9 Å². The highest BCUT2D eigenvalue weighted by molar-refractivity contribution is 7.89. The molecule has 0 saturated carbocycles. The Hall–Kier alpha value is -4.09. The van der Waals surface area contributed by atoms with Crippen LogP contribution in [-0.4, -0.2) is 33.3 Å². The second kappa shape index (κ2) is 10.9. The SMILES string of the molecule is COc1cccc(OC)c1C(c1c(OC)cccc1OC)=c1ccc(=C2C=CC(C3C=CC=C3)=[S+]2)cc1. The predicted octanol–water partition coefficient (Wildman–Crippen LogP) is 4.64. The van der Waals surface area contributed by atoms with Gasteiger partial charge in [-0.25, -0.2) is 0 Å². The molecule has 1 heterocycles. The maximum absolute atomic E-state index is 5.81. The highest BCUT2D eigenvalue weighted by atomic mass is 32.1. The summed E-state index contributed by atoms with van der Waals surface area (Å²) < 4.78 is 23.2. The number of rotatable bonds is 7. The van der Waals surface area contributed by atoms with E-state index in [9.17, 15) is 0 Å². The second-order valence-corrected chi connectivity index (χ2v) is 9.64. The van der Waals surface area contributed by atoms with Crippen LogP contribution in [-0.2, 0) is 11.4 Å². The van der Waals surface area contributed by atoms with Gasteiger partial charge in [0, 0.05) is 22.9 Å². The lowest BCUT2D eigenvalue weighted by atomic mass is 9.92. The number of hydrogen-bond donors (Lipinski definition) is 0. The van der Waals surface area contributed by atoms with Crippen LogP contribution in [0.15, 0.2) is 97.1 Å². The highest BCUT2D eigenvalue weighted by Crippen LogP contribution is 2.43. The molecule has 0 radical (unpaired) electrons. The molecule has 1 aliphatic heterocycles. The fourth-order valence-electron chi connectivity index (χ4n) is 4.72. The first-order valence-corrected chi connectivity index (χ1v) is 12.8. The molecule has 0 atom stereocenters. The molecular formula is C32H29O4S+. The van der Waals surface area contributed by atoms with Crippen molar-refractivity contribution in [3.05, 3.63) is 119 Å². The lowest BCUT2D eigenvalue weighted by Crippen LogP contribution is -2.15. The van der Waals surface area contributed by atoms with E-state index in [1.807, 2.05) is 47.7 Å². The average Bonchev–Trinajstić information content (AvgIpc) is 3.66. The van der Waals surface area contributed by atoms with Gasteiger partial charge >= 0.3 is 0 Å². The first kappa shape index (κ1) is 24.6. The van der Waals surface area contributed by atoms with Gasteiger partial charge in [-0.05, 0) is 41.6 Å². The molecule has 37 heavy (non-hydrogen) atoms. The molecule has 186 valence electrons. The third kappa shape index (κ3) is 4.70. The van der Waals surface area contributed by atoms with Gasteiger partial charge in [0.05, 0.1) is 45.5 Å². The lowest BCUT2D eigenvalue weighted by molar-refractivity contribution is 0.388. The van der Waals surface area contributed by atoms with Crippen LogP contribution in [0, 0.1) is 5.92 Å². The molecule has 5 heteroatoms. The zero-order chi connectivity index (χ0) is 25.8. The maximum atomic E-state index is 5.81. The molecule has 2 aliphatic rings. The smallest absolute Gasteiger partial charge is 0.238 e. The summed E-state index contributed by atoms with van der Waals surface area (Å²) in [5.41, 5.74) is 2.57. The molecule has 0 N–H and O–H groups in total. The lowest BCUT2D eigenvalue weighted by Gasteiger charge is -2.20. The molecule has 5 rings (SSSR count). The van der Waals surface area contributed by atoms with Crippen molar-refractivity contribution in [1.82, 2.24) is 0 Å². The average molecular weight is 510 g/mol. The van der Waals surface area contributed by atoms with Crippen LogP contribution in [0.25, 0.3) is 10.5 Å². The standard InChI is InChI=1S/C32H29O4S/c1-33-24-11-7-12-25(34-2)31(24)30(32-26(35-3)13-8-14-27(32)36-4)23-17-15-22(16-18-23)29-20-19-28(37-29)21-9-5-6-10-21/h5-21H,1-4H3/q+1. The minimum atomic E-state index is 0.369. The Bertz CT molecular complexity index is 1440. The zero-order valence-electron chi connectivity index (χ0n) is 21.4. The Labute approximate surface area is 221 Å². The van der Waals surface area contributed by atoms with Crippen LogP contribution < -0.4 is 29.4 Å². The minimum absolute atomic E-state index is 0.369. The molecule has 1 aliphatic carbocycles.